The van der Waals surface area contributed by atoms with Crippen molar-refractivity contribution in [2.75, 3.05) is 32.3 Å². The summed E-state index contributed by atoms with van der Waals surface area (Å²) in [4.78, 5) is 20.8. The number of hydrogen-bond donors (Lipinski definition) is 3. The van der Waals surface area contributed by atoms with Gasteiger partial charge in [0, 0.05) is 42.1 Å². The number of halogens is 2. The first-order valence-corrected chi connectivity index (χ1v) is 18.7. The number of aliphatic imine (C=N–C) groups is 1. The maximum Gasteiger partial charge on any atom is 0.139 e. The van der Waals surface area contributed by atoms with Crippen molar-refractivity contribution >= 4 is 52.4 Å². The highest BCUT2D eigenvalue weighted by Gasteiger charge is 2.34. The third kappa shape index (κ3) is 8.64. The second-order valence-corrected chi connectivity index (χ2v) is 16.0. The highest BCUT2D eigenvalue weighted by Crippen LogP contribution is 2.40. The molecule has 1 aromatic heterocycles. The number of rotatable bonds is 6. The van der Waals surface area contributed by atoms with Crippen molar-refractivity contribution < 1.29 is 18.3 Å². The molecule has 3 aromatic carbocycles. The molecule has 260 valence electrons. The average Bonchev–Trinajstić information content (AvgIpc) is 3.54. The van der Waals surface area contributed by atoms with Crippen LogP contribution in [0.2, 0.25) is 0 Å². The van der Waals surface area contributed by atoms with Crippen LogP contribution >= 0.6 is 23.5 Å². The molecule has 0 spiro atoms. The summed E-state index contributed by atoms with van der Waals surface area (Å²) in [5.74, 6) is 1.05. The number of benzene rings is 3. The van der Waals surface area contributed by atoms with Gasteiger partial charge in [-0.15, -0.1) is 0 Å². The van der Waals surface area contributed by atoms with Crippen molar-refractivity contribution in [3.63, 3.8) is 0 Å². The summed E-state index contributed by atoms with van der Waals surface area (Å²) in [6, 6.07) is 16.3. The summed E-state index contributed by atoms with van der Waals surface area (Å²) in [6.45, 7) is 6.91. The number of aryl methyl sites for hydroxylation is 1. The van der Waals surface area contributed by atoms with Crippen LogP contribution in [-0.2, 0) is 27.8 Å². The molecule has 2 bridgehead atoms. The molecule has 0 saturated carbocycles. The number of aromatic nitrogens is 1. The summed E-state index contributed by atoms with van der Waals surface area (Å²) in [5, 5.41) is 13.5. The number of carbonyl (C=O) groups excluding carboxylic acids is 1. The van der Waals surface area contributed by atoms with Crippen LogP contribution in [0.5, 0.6) is 0 Å². The van der Waals surface area contributed by atoms with E-state index in [1.54, 1.807) is 26.3 Å². The number of nitrogens with zero attached hydrogens (tertiary/aromatic N) is 1. The third-order valence-corrected chi connectivity index (χ3v) is 12.0. The van der Waals surface area contributed by atoms with E-state index < -0.39 is 11.2 Å². The van der Waals surface area contributed by atoms with Gasteiger partial charge in [0.2, 0.25) is 0 Å². The minimum Gasteiger partial charge on any atom is -0.384 e. The van der Waals surface area contributed by atoms with E-state index in [-0.39, 0.29) is 34.4 Å². The fraction of sp³-hybridized carbons (Fsp3) is 0.410. The molecule has 3 N–H and O–H groups in total. The number of nitrogens with one attached hydrogen (secondary N) is 3. The molecule has 0 amide bonds. The van der Waals surface area contributed by atoms with Crippen LogP contribution < -0.4 is 5.32 Å². The Labute approximate surface area is 296 Å². The lowest BCUT2D eigenvalue weighted by Gasteiger charge is -2.32. The molecule has 5 rings (SSSR count). The molecular formula is C39H46F2N4O2S2. The van der Waals surface area contributed by atoms with E-state index >= 15 is 8.78 Å². The number of carbonyl (C=O) groups is 1. The Bertz CT molecular complexity index is 1840. The predicted octanol–water partition coefficient (Wildman–Crippen LogP) is 8.99. The van der Waals surface area contributed by atoms with Crippen molar-refractivity contribution in [2.24, 2.45) is 16.3 Å². The molecule has 49 heavy (non-hydrogen) atoms. The van der Waals surface area contributed by atoms with Crippen LogP contribution in [0.4, 0.5) is 8.78 Å². The standard InChI is InChI=1S/C39H46F2N4O2S2/c1-38(2)14-7-15-39(3,27-9-6-8-25(19-27)18-26(22-46)23-47-5)37(42)45-36(43-4)31-20-28(10-11-32(31)40)49-35-30(13-17-48-24-38)29-12-16-44-34(29)21-33(35)41/h6,8-12,16,19-22,26,44H,7,13-15,17-18,23-24H2,1-5H3,(H2,42,43,45)/t26?,39-/m1/s1. The van der Waals surface area contributed by atoms with E-state index in [0.29, 0.717) is 35.7 Å². The molecule has 10 heteroatoms. The molecule has 2 heterocycles. The van der Waals surface area contributed by atoms with Crippen LogP contribution in [0.3, 0.4) is 0 Å². The van der Waals surface area contributed by atoms with Gasteiger partial charge in [-0.2, -0.15) is 11.8 Å². The van der Waals surface area contributed by atoms with E-state index in [1.165, 1.54) is 23.9 Å². The molecule has 1 unspecified atom stereocenters. The highest BCUT2D eigenvalue weighted by atomic mass is 32.2. The fourth-order valence-electron chi connectivity index (χ4n) is 6.55. The van der Waals surface area contributed by atoms with Gasteiger partial charge in [-0.3, -0.25) is 5.41 Å². The lowest BCUT2D eigenvalue weighted by molar-refractivity contribution is -0.112. The van der Waals surface area contributed by atoms with Crippen molar-refractivity contribution in [1.29, 1.82) is 5.41 Å². The fourth-order valence-corrected chi connectivity index (χ4v) is 8.78. The van der Waals surface area contributed by atoms with Gasteiger partial charge in [0.1, 0.15) is 29.6 Å². The van der Waals surface area contributed by atoms with Crippen molar-refractivity contribution in [2.45, 2.75) is 68.1 Å². The van der Waals surface area contributed by atoms with Crippen LogP contribution in [0, 0.1) is 28.4 Å². The Kier molecular flexibility index (Phi) is 12.0. The minimum atomic E-state index is -0.794. The highest BCUT2D eigenvalue weighted by molar-refractivity contribution is 7.99. The van der Waals surface area contributed by atoms with Crippen molar-refractivity contribution in [3.8, 4) is 0 Å². The largest absolute Gasteiger partial charge is 0.384 e. The number of aldehydes is 1. The van der Waals surface area contributed by atoms with Crippen molar-refractivity contribution in [3.05, 3.63) is 94.7 Å². The monoisotopic (exact) mass is 704 g/mol. The Balaban J connectivity index is 1.59. The van der Waals surface area contributed by atoms with Gasteiger partial charge in [0.05, 0.1) is 22.5 Å². The zero-order valence-corrected chi connectivity index (χ0v) is 30.6. The summed E-state index contributed by atoms with van der Waals surface area (Å²) in [6.07, 6.45) is 6.44. The molecule has 0 saturated heterocycles. The molecule has 1 aliphatic rings. The Morgan fingerprint density at radius 1 is 1.10 bits per heavy atom. The number of thioether (sulfide) groups is 1. The maximum atomic E-state index is 15.7. The number of hydrogen-bond acceptors (Lipinski definition) is 6. The van der Waals surface area contributed by atoms with E-state index in [2.05, 4.69) is 30.2 Å². The molecule has 0 fully saturated rings. The van der Waals surface area contributed by atoms with Gasteiger partial charge in [-0.25, -0.2) is 13.8 Å². The molecule has 0 aliphatic carbocycles. The molecule has 6 nitrogen and oxygen atoms in total. The van der Waals surface area contributed by atoms with Crippen LogP contribution in [0.1, 0.15) is 62.3 Å². The molecule has 4 aromatic rings. The van der Waals surface area contributed by atoms with Gasteiger partial charge in [-0.1, -0.05) is 56.3 Å². The summed E-state index contributed by atoms with van der Waals surface area (Å²) >= 11 is 3.16. The lowest BCUT2D eigenvalue weighted by Crippen LogP contribution is -2.34. The van der Waals surface area contributed by atoms with E-state index in [4.69, 9.17) is 9.73 Å². The van der Waals surface area contributed by atoms with Crippen molar-refractivity contribution in [1.82, 2.24) is 10.3 Å². The molecule has 1 aliphatic heterocycles. The third-order valence-electron chi connectivity index (χ3n) is 9.42. The molecule has 0 radical (unpaired) electrons. The second kappa shape index (κ2) is 16.0. The SMILES string of the molecule is CN/C1=N\C(=N)[C@@](C)(c2cccc(CC(C=O)COC)c2)CCCC(C)(C)CSCCc2c(c(F)cc3[nH]ccc23)Sc2ccc(F)c1c2. The van der Waals surface area contributed by atoms with E-state index in [1.807, 2.05) is 49.1 Å². The van der Waals surface area contributed by atoms with E-state index in [9.17, 15) is 10.2 Å². The predicted molar refractivity (Wildman–Crippen MR) is 200 cm³/mol. The normalized spacial score (nSPS) is 20.8. The summed E-state index contributed by atoms with van der Waals surface area (Å²) < 4.78 is 36.5. The van der Waals surface area contributed by atoms with Crippen LogP contribution in [-0.4, -0.2) is 55.2 Å². The number of fused-ring (bicyclic) bond motifs is 5. The van der Waals surface area contributed by atoms with E-state index in [0.717, 1.165) is 58.2 Å². The summed E-state index contributed by atoms with van der Waals surface area (Å²) in [7, 11) is 3.26. The van der Waals surface area contributed by atoms with Gasteiger partial charge < -0.3 is 19.8 Å². The lowest BCUT2D eigenvalue weighted by atomic mass is 9.74. The number of aromatic amines is 1. The molecular weight excluding hydrogens is 659 g/mol. The number of amidine groups is 2. The first kappa shape index (κ1) is 36.8. The Morgan fingerprint density at radius 3 is 2.67 bits per heavy atom. The number of methoxy groups -OCH3 is 1. The minimum absolute atomic E-state index is 0.0291. The summed E-state index contributed by atoms with van der Waals surface area (Å²) in [5.41, 5.74) is 3.06. The van der Waals surface area contributed by atoms with Gasteiger partial charge >= 0.3 is 0 Å². The van der Waals surface area contributed by atoms with Crippen LogP contribution in [0.25, 0.3) is 10.9 Å². The van der Waals surface area contributed by atoms with Gasteiger partial charge in [0.15, 0.2) is 0 Å². The average molecular weight is 705 g/mol. The molecule has 2 atom stereocenters. The quantitative estimate of drug-likeness (QED) is 0.174. The second-order valence-electron chi connectivity index (χ2n) is 13.8. The smallest absolute Gasteiger partial charge is 0.139 e. The maximum absolute atomic E-state index is 15.7. The van der Waals surface area contributed by atoms with Gasteiger partial charge in [-0.05, 0) is 96.5 Å². The Hall–Kier alpha value is -3.47. The zero-order chi connectivity index (χ0) is 35.2. The van der Waals surface area contributed by atoms with Gasteiger partial charge in [0.25, 0.3) is 0 Å². The zero-order valence-electron chi connectivity index (χ0n) is 28.9. The number of H-pyrrole nitrogens is 1. The first-order chi connectivity index (χ1) is 23.5. The number of ether oxygens (including phenoxy) is 1. The van der Waals surface area contributed by atoms with Crippen LogP contribution in [0.15, 0.2) is 75.6 Å². The Morgan fingerprint density at radius 2 is 1.92 bits per heavy atom. The topological polar surface area (TPSA) is 90.3 Å². The first-order valence-electron chi connectivity index (χ1n) is 16.7.